The molecule has 0 spiro atoms. The lowest BCUT2D eigenvalue weighted by molar-refractivity contribution is -0.383. The van der Waals surface area contributed by atoms with E-state index in [-0.39, 0.29) is 43.3 Å². The summed E-state index contributed by atoms with van der Waals surface area (Å²) in [7, 11) is 1.27. The van der Waals surface area contributed by atoms with Gasteiger partial charge in [-0.1, -0.05) is 0 Å². The van der Waals surface area contributed by atoms with E-state index >= 15 is 0 Å². The van der Waals surface area contributed by atoms with Crippen molar-refractivity contribution in [2.75, 3.05) is 30.4 Å². The molecule has 1 N–H and O–H groups in total. The summed E-state index contributed by atoms with van der Waals surface area (Å²) < 4.78 is 4.63. The molecule has 0 aliphatic rings. The number of methoxy groups -OCH3 is 1. The molecule has 0 aliphatic heterocycles. The molecule has 0 amide bonds. The number of hydrogen-bond acceptors (Lipinski definition) is 10. The van der Waals surface area contributed by atoms with Gasteiger partial charge in [-0.05, 0) is 24.3 Å². The van der Waals surface area contributed by atoms with Crippen LogP contribution >= 0.6 is 0 Å². The van der Waals surface area contributed by atoms with Crippen LogP contribution in [-0.4, -0.2) is 41.1 Å². The van der Waals surface area contributed by atoms with Gasteiger partial charge in [0.15, 0.2) is 0 Å². The SMILES string of the molecule is COC(=O)c1ccc(Nc2ncnc(N(CCC#N)CCC#N)c2[N+](=O)[O-])cc1. The first-order valence-electron chi connectivity index (χ1n) is 8.45. The van der Waals surface area contributed by atoms with Crippen molar-refractivity contribution in [3.8, 4) is 12.1 Å². The van der Waals surface area contributed by atoms with Gasteiger partial charge in [0, 0.05) is 18.8 Å². The Morgan fingerprint density at radius 2 is 1.83 bits per heavy atom. The minimum atomic E-state index is -0.619. The zero-order valence-corrected chi connectivity index (χ0v) is 15.5. The summed E-state index contributed by atoms with van der Waals surface area (Å²) >= 11 is 0. The first kappa shape index (κ1) is 21.1. The number of nitriles is 2. The normalized spacial score (nSPS) is 9.76. The molecule has 0 atom stereocenters. The van der Waals surface area contributed by atoms with Crippen LogP contribution < -0.4 is 10.2 Å². The highest BCUT2D eigenvalue weighted by Gasteiger charge is 2.27. The number of nitrogens with zero attached hydrogens (tertiary/aromatic N) is 6. The van der Waals surface area contributed by atoms with E-state index in [1.54, 1.807) is 12.1 Å². The molecule has 1 aromatic carbocycles. The third-order valence-corrected chi connectivity index (χ3v) is 3.84. The zero-order valence-electron chi connectivity index (χ0n) is 15.5. The second kappa shape index (κ2) is 10.2. The molecule has 1 aromatic heterocycles. The monoisotopic (exact) mass is 395 g/mol. The highest BCUT2D eigenvalue weighted by atomic mass is 16.6. The van der Waals surface area contributed by atoms with Crippen molar-refractivity contribution in [3.05, 3.63) is 46.3 Å². The molecular formula is C18H17N7O4. The van der Waals surface area contributed by atoms with Gasteiger partial charge in [-0.15, -0.1) is 0 Å². The lowest BCUT2D eigenvalue weighted by atomic mass is 10.2. The van der Waals surface area contributed by atoms with Gasteiger partial charge in [-0.3, -0.25) is 10.1 Å². The molecule has 1 heterocycles. The average Bonchev–Trinajstić information content (AvgIpc) is 2.73. The van der Waals surface area contributed by atoms with Gasteiger partial charge in [0.05, 0.1) is 42.6 Å². The van der Waals surface area contributed by atoms with E-state index in [2.05, 4.69) is 20.0 Å². The second-order valence-corrected chi connectivity index (χ2v) is 5.65. The van der Waals surface area contributed by atoms with Crippen molar-refractivity contribution in [1.29, 1.82) is 10.5 Å². The first-order valence-corrected chi connectivity index (χ1v) is 8.45. The summed E-state index contributed by atoms with van der Waals surface area (Å²) in [5.74, 6) is -0.536. The number of anilines is 3. The largest absolute Gasteiger partial charge is 0.465 e. The quantitative estimate of drug-likeness (QED) is 0.380. The lowest BCUT2D eigenvalue weighted by Crippen LogP contribution is -2.27. The van der Waals surface area contributed by atoms with Crippen molar-refractivity contribution in [3.63, 3.8) is 0 Å². The minimum absolute atomic E-state index is 0.0178. The smallest absolute Gasteiger partial charge is 0.353 e. The Balaban J connectivity index is 2.39. The van der Waals surface area contributed by atoms with E-state index in [4.69, 9.17) is 10.5 Å². The molecule has 11 nitrogen and oxygen atoms in total. The molecule has 29 heavy (non-hydrogen) atoms. The number of carbonyl (C=O) groups excluding carboxylic acids is 1. The fourth-order valence-corrected chi connectivity index (χ4v) is 2.50. The number of rotatable bonds is 9. The van der Waals surface area contributed by atoms with Crippen LogP contribution in [0.25, 0.3) is 0 Å². The number of nitro groups is 1. The Morgan fingerprint density at radius 3 is 2.34 bits per heavy atom. The zero-order chi connectivity index (χ0) is 21.2. The molecule has 11 heteroatoms. The Morgan fingerprint density at radius 1 is 1.21 bits per heavy atom. The van der Waals surface area contributed by atoms with E-state index in [0.29, 0.717) is 11.3 Å². The molecule has 0 saturated heterocycles. The van der Waals surface area contributed by atoms with E-state index in [1.165, 1.54) is 30.5 Å². The summed E-state index contributed by atoms with van der Waals surface area (Å²) in [6.07, 6.45) is 1.40. The highest BCUT2D eigenvalue weighted by Crippen LogP contribution is 2.33. The van der Waals surface area contributed by atoms with Crippen molar-refractivity contribution in [2.24, 2.45) is 0 Å². The molecule has 0 bridgehead atoms. The van der Waals surface area contributed by atoms with Crippen LogP contribution in [0, 0.1) is 32.8 Å². The molecule has 2 aromatic rings. The van der Waals surface area contributed by atoms with Crippen LogP contribution in [0.1, 0.15) is 23.2 Å². The fraction of sp³-hybridized carbons (Fsp3) is 0.278. The van der Waals surface area contributed by atoms with Gasteiger partial charge in [0.25, 0.3) is 0 Å². The predicted octanol–water partition coefficient (Wildman–Crippen LogP) is 2.55. The van der Waals surface area contributed by atoms with Crippen LogP contribution in [-0.2, 0) is 4.74 Å². The van der Waals surface area contributed by atoms with Crippen molar-refractivity contribution in [2.45, 2.75) is 12.8 Å². The van der Waals surface area contributed by atoms with Crippen molar-refractivity contribution in [1.82, 2.24) is 9.97 Å². The lowest BCUT2D eigenvalue weighted by Gasteiger charge is -2.21. The molecular weight excluding hydrogens is 378 g/mol. The van der Waals surface area contributed by atoms with Gasteiger partial charge < -0.3 is 15.0 Å². The molecule has 0 aliphatic carbocycles. The van der Waals surface area contributed by atoms with E-state index < -0.39 is 10.9 Å². The number of benzene rings is 1. The third-order valence-electron chi connectivity index (χ3n) is 3.84. The van der Waals surface area contributed by atoms with E-state index in [9.17, 15) is 14.9 Å². The maximum atomic E-state index is 11.7. The Labute approximate surface area is 166 Å². The topological polar surface area (TPSA) is 158 Å². The Bertz CT molecular complexity index is 946. The number of carbonyl (C=O) groups is 1. The molecule has 0 unspecified atom stereocenters. The van der Waals surface area contributed by atoms with E-state index in [1.807, 2.05) is 12.1 Å². The maximum Gasteiger partial charge on any atom is 0.353 e. The number of esters is 1. The Kier molecular flexibility index (Phi) is 7.39. The standard InChI is InChI=1S/C18H17N7O4/c1-29-18(26)13-4-6-14(7-5-13)23-16-15(25(27)28)17(22-12-21-16)24(10-2-8-19)11-3-9-20/h4-7,12H,2-3,10-11H2,1H3,(H,21,22,23). The van der Waals surface area contributed by atoms with Gasteiger partial charge in [-0.25, -0.2) is 14.8 Å². The van der Waals surface area contributed by atoms with E-state index in [0.717, 1.165) is 0 Å². The Hall–Kier alpha value is -4.25. The highest BCUT2D eigenvalue weighted by molar-refractivity contribution is 5.89. The number of hydrogen-bond donors (Lipinski definition) is 1. The number of aromatic nitrogens is 2. The number of ether oxygens (including phenoxy) is 1. The summed E-state index contributed by atoms with van der Waals surface area (Å²) in [6.45, 7) is 0.368. The van der Waals surface area contributed by atoms with Gasteiger partial charge in [0.2, 0.25) is 11.6 Å². The molecule has 148 valence electrons. The third kappa shape index (κ3) is 5.37. The van der Waals surface area contributed by atoms with Crippen LogP contribution in [0.2, 0.25) is 0 Å². The maximum absolute atomic E-state index is 11.7. The van der Waals surface area contributed by atoms with Crippen LogP contribution in [0.4, 0.5) is 23.0 Å². The molecule has 0 saturated carbocycles. The van der Waals surface area contributed by atoms with Crippen LogP contribution in [0.15, 0.2) is 30.6 Å². The minimum Gasteiger partial charge on any atom is -0.465 e. The van der Waals surface area contributed by atoms with Crippen molar-refractivity contribution >= 4 is 29.0 Å². The summed E-state index contributed by atoms with van der Waals surface area (Å²) in [5, 5.41) is 32.3. The summed E-state index contributed by atoms with van der Waals surface area (Å²) in [6, 6.07) is 10.1. The fourth-order valence-electron chi connectivity index (χ4n) is 2.50. The average molecular weight is 395 g/mol. The predicted molar refractivity (Wildman–Crippen MR) is 102 cm³/mol. The number of nitrogens with one attached hydrogen (secondary N) is 1. The van der Waals surface area contributed by atoms with Gasteiger partial charge >= 0.3 is 11.7 Å². The van der Waals surface area contributed by atoms with Crippen LogP contribution in [0.3, 0.4) is 0 Å². The molecule has 0 radical (unpaired) electrons. The van der Waals surface area contributed by atoms with Crippen molar-refractivity contribution < 1.29 is 14.5 Å². The van der Waals surface area contributed by atoms with Gasteiger partial charge in [0.1, 0.15) is 6.33 Å². The van der Waals surface area contributed by atoms with Gasteiger partial charge in [-0.2, -0.15) is 10.5 Å². The first-order chi connectivity index (χ1) is 14.0. The summed E-state index contributed by atoms with van der Waals surface area (Å²) in [4.78, 5) is 32.1. The molecule has 0 fully saturated rings. The molecule has 2 rings (SSSR count). The summed E-state index contributed by atoms with van der Waals surface area (Å²) in [5.41, 5.74) is 0.418. The second-order valence-electron chi connectivity index (χ2n) is 5.65. The van der Waals surface area contributed by atoms with Crippen LogP contribution in [0.5, 0.6) is 0 Å².